The molecule has 1 aliphatic heterocycles. The Morgan fingerprint density at radius 3 is 2.86 bits per heavy atom. The molecular formula is C11H18N2O. The summed E-state index contributed by atoms with van der Waals surface area (Å²) in [5.74, 6) is 2.71. The molecule has 1 heterocycles. The molecule has 14 heavy (non-hydrogen) atoms. The lowest BCUT2D eigenvalue weighted by molar-refractivity contribution is -0.126. The summed E-state index contributed by atoms with van der Waals surface area (Å²) in [6.45, 7) is 5.46. The summed E-state index contributed by atoms with van der Waals surface area (Å²) in [5, 5.41) is 6.07. The fraction of sp³-hybridized carbons (Fsp3) is 0.727. The van der Waals surface area contributed by atoms with Crippen molar-refractivity contribution in [2.24, 2.45) is 5.92 Å². The summed E-state index contributed by atoms with van der Waals surface area (Å²) in [6.07, 6.45) is 7.33. The van der Waals surface area contributed by atoms with Crippen LogP contribution in [0.3, 0.4) is 0 Å². The van der Waals surface area contributed by atoms with Crippen LogP contribution in [0.4, 0.5) is 0 Å². The van der Waals surface area contributed by atoms with E-state index in [9.17, 15) is 4.79 Å². The second-order valence-electron chi connectivity index (χ2n) is 4.30. The standard InChI is InChI=1S/C11H18N2O/c1-4-11(2,3)13-10(14)9-6-5-7-12-8-9/h1,9,12H,5-8H2,2-3H3,(H,13,14). The largest absolute Gasteiger partial charge is 0.340 e. The summed E-state index contributed by atoms with van der Waals surface area (Å²) in [5.41, 5.74) is -0.533. The van der Waals surface area contributed by atoms with Crippen molar-refractivity contribution in [1.29, 1.82) is 0 Å². The molecule has 0 aromatic rings. The molecule has 0 radical (unpaired) electrons. The van der Waals surface area contributed by atoms with Gasteiger partial charge in [-0.2, -0.15) is 0 Å². The zero-order chi connectivity index (χ0) is 10.6. The normalized spacial score (nSPS) is 22.5. The van der Waals surface area contributed by atoms with Crippen LogP contribution in [0, 0.1) is 18.3 Å². The van der Waals surface area contributed by atoms with E-state index in [2.05, 4.69) is 16.6 Å². The Bertz CT molecular complexity index is 247. The van der Waals surface area contributed by atoms with Gasteiger partial charge < -0.3 is 10.6 Å². The molecule has 0 aromatic carbocycles. The maximum atomic E-state index is 11.7. The van der Waals surface area contributed by atoms with Gasteiger partial charge in [0.15, 0.2) is 0 Å². The van der Waals surface area contributed by atoms with Crippen LogP contribution in [0.25, 0.3) is 0 Å². The number of hydrogen-bond donors (Lipinski definition) is 2. The third-order valence-electron chi connectivity index (χ3n) is 2.46. The lowest BCUT2D eigenvalue weighted by Gasteiger charge is -2.26. The summed E-state index contributed by atoms with van der Waals surface area (Å²) in [4.78, 5) is 11.7. The van der Waals surface area contributed by atoms with Gasteiger partial charge in [0.25, 0.3) is 0 Å². The van der Waals surface area contributed by atoms with Crippen molar-refractivity contribution in [3.05, 3.63) is 0 Å². The number of terminal acetylenes is 1. The van der Waals surface area contributed by atoms with E-state index in [0.29, 0.717) is 0 Å². The molecule has 1 fully saturated rings. The van der Waals surface area contributed by atoms with Gasteiger partial charge >= 0.3 is 0 Å². The Morgan fingerprint density at radius 2 is 2.36 bits per heavy atom. The second kappa shape index (κ2) is 4.47. The number of piperidine rings is 1. The number of carbonyl (C=O) groups is 1. The predicted octanol–water partition coefficient (Wildman–Crippen LogP) is 0.514. The summed E-state index contributed by atoms with van der Waals surface area (Å²) in [7, 11) is 0. The van der Waals surface area contributed by atoms with Crippen LogP contribution in [-0.4, -0.2) is 24.5 Å². The van der Waals surface area contributed by atoms with E-state index in [0.717, 1.165) is 25.9 Å². The molecule has 3 heteroatoms. The molecule has 1 saturated heterocycles. The van der Waals surface area contributed by atoms with Gasteiger partial charge in [-0.3, -0.25) is 4.79 Å². The maximum Gasteiger partial charge on any atom is 0.225 e. The maximum absolute atomic E-state index is 11.7. The second-order valence-corrected chi connectivity index (χ2v) is 4.30. The Labute approximate surface area is 85.6 Å². The minimum atomic E-state index is -0.533. The van der Waals surface area contributed by atoms with Crippen molar-refractivity contribution < 1.29 is 4.79 Å². The van der Waals surface area contributed by atoms with Crippen LogP contribution >= 0.6 is 0 Å². The first-order chi connectivity index (χ1) is 6.55. The van der Waals surface area contributed by atoms with Gasteiger partial charge in [0.05, 0.1) is 11.5 Å². The molecule has 1 unspecified atom stereocenters. The molecule has 1 atom stereocenters. The van der Waals surface area contributed by atoms with Crippen LogP contribution < -0.4 is 10.6 Å². The third-order valence-corrected chi connectivity index (χ3v) is 2.46. The zero-order valence-electron chi connectivity index (χ0n) is 8.89. The highest BCUT2D eigenvalue weighted by Crippen LogP contribution is 2.11. The highest BCUT2D eigenvalue weighted by Gasteiger charge is 2.25. The van der Waals surface area contributed by atoms with Crippen molar-refractivity contribution in [2.45, 2.75) is 32.2 Å². The first-order valence-electron chi connectivity index (χ1n) is 5.06. The molecule has 0 aliphatic carbocycles. The topological polar surface area (TPSA) is 41.1 Å². The van der Waals surface area contributed by atoms with Gasteiger partial charge in [-0.25, -0.2) is 0 Å². The predicted molar refractivity (Wildman–Crippen MR) is 56.6 cm³/mol. The van der Waals surface area contributed by atoms with Crippen LogP contribution in [0.2, 0.25) is 0 Å². The lowest BCUT2D eigenvalue weighted by atomic mass is 9.97. The first kappa shape index (κ1) is 11.1. The molecule has 1 rings (SSSR count). The van der Waals surface area contributed by atoms with Crippen LogP contribution in [0.5, 0.6) is 0 Å². The molecule has 0 spiro atoms. The minimum Gasteiger partial charge on any atom is -0.340 e. The zero-order valence-corrected chi connectivity index (χ0v) is 8.89. The molecule has 2 N–H and O–H groups in total. The van der Waals surface area contributed by atoms with E-state index in [1.807, 2.05) is 13.8 Å². The molecule has 0 aromatic heterocycles. The quantitative estimate of drug-likeness (QED) is 0.629. The number of amides is 1. The lowest BCUT2D eigenvalue weighted by Crippen LogP contribution is -2.48. The van der Waals surface area contributed by atoms with E-state index in [1.54, 1.807) is 0 Å². The summed E-state index contributed by atoms with van der Waals surface area (Å²) < 4.78 is 0. The van der Waals surface area contributed by atoms with E-state index in [-0.39, 0.29) is 11.8 Å². The number of hydrogen-bond acceptors (Lipinski definition) is 2. The van der Waals surface area contributed by atoms with Gasteiger partial charge in [0.1, 0.15) is 0 Å². The Kier molecular flexibility index (Phi) is 3.54. The number of nitrogens with one attached hydrogen (secondary N) is 2. The van der Waals surface area contributed by atoms with Gasteiger partial charge in [-0.1, -0.05) is 5.92 Å². The van der Waals surface area contributed by atoms with Crippen LogP contribution in [0.1, 0.15) is 26.7 Å². The van der Waals surface area contributed by atoms with Gasteiger partial charge in [-0.15, -0.1) is 6.42 Å². The SMILES string of the molecule is C#CC(C)(C)NC(=O)C1CCCNC1. The molecule has 1 amide bonds. The smallest absolute Gasteiger partial charge is 0.225 e. The summed E-state index contributed by atoms with van der Waals surface area (Å²) >= 11 is 0. The molecule has 0 bridgehead atoms. The average Bonchev–Trinajstić information content (AvgIpc) is 2.19. The molecule has 1 aliphatic rings. The summed E-state index contributed by atoms with van der Waals surface area (Å²) in [6, 6.07) is 0. The average molecular weight is 194 g/mol. The van der Waals surface area contributed by atoms with E-state index >= 15 is 0 Å². The first-order valence-corrected chi connectivity index (χ1v) is 5.06. The van der Waals surface area contributed by atoms with Crippen molar-refractivity contribution in [1.82, 2.24) is 10.6 Å². The number of rotatable bonds is 2. The van der Waals surface area contributed by atoms with Crippen LogP contribution in [0.15, 0.2) is 0 Å². The highest BCUT2D eigenvalue weighted by molar-refractivity contribution is 5.80. The fourth-order valence-electron chi connectivity index (χ4n) is 1.52. The fourth-order valence-corrected chi connectivity index (χ4v) is 1.52. The Morgan fingerprint density at radius 1 is 1.64 bits per heavy atom. The van der Waals surface area contributed by atoms with Crippen molar-refractivity contribution in [3.8, 4) is 12.3 Å². The highest BCUT2D eigenvalue weighted by atomic mass is 16.2. The minimum absolute atomic E-state index is 0.0696. The van der Waals surface area contributed by atoms with Crippen LogP contribution in [-0.2, 0) is 4.79 Å². The molecule has 0 saturated carbocycles. The van der Waals surface area contributed by atoms with Crippen molar-refractivity contribution in [3.63, 3.8) is 0 Å². The van der Waals surface area contributed by atoms with Crippen molar-refractivity contribution >= 4 is 5.91 Å². The number of carbonyl (C=O) groups excluding carboxylic acids is 1. The van der Waals surface area contributed by atoms with Gasteiger partial charge in [0, 0.05) is 6.54 Å². The van der Waals surface area contributed by atoms with Gasteiger partial charge in [0.2, 0.25) is 5.91 Å². The Hall–Kier alpha value is -1.01. The van der Waals surface area contributed by atoms with E-state index in [4.69, 9.17) is 6.42 Å². The third kappa shape index (κ3) is 3.04. The Balaban J connectivity index is 2.45. The van der Waals surface area contributed by atoms with E-state index in [1.165, 1.54) is 0 Å². The molecular weight excluding hydrogens is 176 g/mol. The molecule has 3 nitrogen and oxygen atoms in total. The molecule has 78 valence electrons. The van der Waals surface area contributed by atoms with Crippen molar-refractivity contribution in [2.75, 3.05) is 13.1 Å². The van der Waals surface area contributed by atoms with E-state index < -0.39 is 5.54 Å². The monoisotopic (exact) mass is 194 g/mol. The van der Waals surface area contributed by atoms with Gasteiger partial charge in [-0.05, 0) is 33.2 Å².